The highest BCUT2D eigenvalue weighted by molar-refractivity contribution is 5.92. The van der Waals surface area contributed by atoms with Gasteiger partial charge in [-0.2, -0.15) is 0 Å². The van der Waals surface area contributed by atoms with Crippen LogP contribution in [0, 0.1) is 0 Å². The van der Waals surface area contributed by atoms with Crippen LogP contribution in [-0.2, 0) is 0 Å². The van der Waals surface area contributed by atoms with E-state index in [0.29, 0.717) is 23.0 Å². The Balaban J connectivity index is 2.90. The summed E-state index contributed by atoms with van der Waals surface area (Å²) in [6.45, 7) is 2.63. The smallest absolute Gasteiger partial charge is 0.272 e. The Bertz CT molecular complexity index is 597. The molecule has 0 aliphatic rings. The minimum atomic E-state index is -0.291. The van der Waals surface area contributed by atoms with Crippen LogP contribution in [0.15, 0.2) is 27.8 Å². The molecule has 0 aliphatic heterocycles. The fourth-order valence-electron chi connectivity index (χ4n) is 1.57. The second-order valence-corrected chi connectivity index (χ2v) is 3.17. The number of aromatic nitrogens is 2. The highest BCUT2D eigenvalue weighted by Gasteiger charge is 2.06. The number of rotatable bonds is 2. The largest absolute Gasteiger partial charge is 0.385 e. The molecule has 1 aromatic carbocycles. The first-order chi connectivity index (χ1) is 7.24. The fourth-order valence-corrected chi connectivity index (χ4v) is 1.57. The molecule has 1 aromatic heterocycles. The van der Waals surface area contributed by atoms with Crippen molar-refractivity contribution in [2.75, 3.05) is 11.9 Å². The molecule has 5 nitrogen and oxygen atoms in total. The first-order valence-corrected chi connectivity index (χ1v) is 4.71. The van der Waals surface area contributed by atoms with Crippen molar-refractivity contribution in [2.45, 2.75) is 6.92 Å². The van der Waals surface area contributed by atoms with Gasteiger partial charge in [0.05, 0.1) is 10.8 Å². The lowest BCUT2D eigenvalue weighted by atomic mass is 10.1. The molecule has 15 heavy (non-hydrogen) atoms. The molecule has 78 valence electrons. The van der Waals surface area contributed by atoms with Gasteiger partial charge in [-0.25, -0.2) is 0 Å². The molecule has 2 rings (SSSR count). The molecule has 0 aliphatic carbocycles. The lowest BCUT2D eigenvalue weighted by Gasteiger charge is -2.05. The molecule has 0 radical (unpaired) electrons. The molecular weight excluding hydrogens is 194 g/mol. The lowest BCUT2D eigenvalue weighted by molar-refractivity contribution is 0.976. The van der Waals surface area contributed by atoms with E-state index in [9.17, 15) is 9.59 Å². The molecular formula is C10H11N3O2. The van der Waals surface area contributed by atoms with E-state index in [1.807, 2.05) is 6.92 Å². The van der Waals surface area contributed by atoms with E-state index in [0.717, 1.165) is 0 Å². The van der Waals surface area contributed by atoms with Gasteiger partial charge in [0.1, 0.15) is 0 Å². The van der Waals surface area contributed by atoms with Crippen LogP contribution in [0.25, 0.3) is 10.8 Å². The third-order valence-corrected chi connectivity index (χ3v) is 2.19. The van der Waals surface area contributed by atoms with E-state index in [1.165, 1.54) is 0 Å². The zero-order valence-corrected chi connectivity index (χ0v) is 8.26. The summed E-state index contributed by atoms with van der Waals surface area (Å²) in [7, 11) is 0. The number of benzene rings is 1. The third-order valence-electron chi connectivity index (χ3n) is 2.19. The monoisotopic (exact) mass is 205 g/mol. The summed E-state index contributed by atoms with van der Waals surface area (Å²) >= 11 is 0. The van der Waals surface area contributed by atoms with Gasteiger partial charge in [-0.15, -0.1) is 0 Å². The van der Waals surface area contributed by atoms with Crippen molar-refractivity contribution < 1.29 is 0 Å². The van der Waals surface area contributed by atoms with E-state index in [4.69, 9.17) is 0 Å². The van der Waals surface area contributed by atoms with Gasteiger partial charge in [0, 0.05) is 12.2 Å². The molecule has 0 amide bonds. The van der Waals surface area contributed by atoms with Gasteiger partial charge in [-0.05, 0) is 19.1 Å². The minimum Gasteiger partial charge on any atom is -0.385 e. The first kappa shape index (κ1) is 9.51. The van der Waals surface area contributed by atoms with Gasteiger partial charge in [-0.1, -0.05) is 6.07 Å². The average molecular weight is 205 g/mol. The maximum Gasteiger partial charge on any atom is 0.272 e. The van der Waals surface area contributed by atoms with Gasteiger partial charge in [0.15, 0.2) is 0 Å². The molecule has 0 spiro atoms. The molecule has 0 fully saturated rings. The van der Waals surface area contributed by atoms with E-state index < -0.39 is 0 Å². The van der Waals surface area contributed by atoms with Crippen LogP contribution in [0.4, 0.5) is 5.69 Å². The van der Waals surface area contributed by atoms with Crippen molar-refractivity contribution >= 4 is 16.5 Å². The lowest BCUT2D eigenvalue weighted by Crippen LogP contribution is -2.20. The Morgan fingerprint density at radius 1 is 1.20 bits per heavy atom. The van der Waals surface area contributed by atoms with Crippen molar-refractivity contribution in [3.8, 4) is 0 Å². The topological polar surface area (TPSA) is 77.8 Å². The Hall–Kier alpha value is -2.04. The molecule has 0 saturated heterocycles. The molecule has 0 saturated carbocycles. The minimum absolute atomic E-state index is 0.288. The van der Waals surface area contributed by atoms with E-state index in [1.54, 1.807) is 18.2 Å². The normalized spacial score (nSPS) is 10.5. The summed E-state index contributed by atoms with van der Waals surface area (Å²) in [6.07, 6.45) is 0. The van der Waals surface area contributed by atoms with Gasteiger partial charge in [0.2, 0.25) is 0 Å². The SMILES string of the molecule is CCNc1cccc2c(=O)[nH][nH]c(=O)c12. The summed E-state index contributed by atoms with van der Waals surface area (Å²) < 4.78 is 0. The zero-order valence-electron chi connectivity index (χ0n) is 8.26. The van der Waals surface area contributed by atoms with Crippen LogP contribution in [0.1, 0.15) is 6.92 Å². The maximum atomic E-state index is 11.6. The second-order valence-electron chi connectivity index (χ2n) is 3.17. The molecule has 5 heteroatoms. The van der Waals surface area contributed by atoms with Crippen LogP contribution in [0.3, 0.4) is 0 Å². The molecule has 1 heterocycles. The average Bonchev–Trinajstić information content (AvgIpc) is 2.24. The van der Waals surface area contributed by atoms with E-state index in [2.05, 4.69) is 15.5 Å². The Labute approximate surface area is 85.1 Å². The zero-order chi connectivity index (χ0) is 10.8. The van der Waals surface area contributed by atoms with E-state index in [-0.39, 0.29) is 11.1 Å². The molecule has 0 unspecified atom stereocenters. The van der Waals surface area contributed by atoms with Crippen LogP contribution in [0.5, 0.6) is 0 Å². The first-order valence-electron chi connectivity index (χ1n) is 4.71. The Kier molecular flexibility index (Phi) is 2.29. The van der Waals surface area contributed by atoms with Crippen LogP contribution >= 0.6 is 0 Å². The fraction of sp³-hybridized carbons (Fsp3) is 0.200. The Morgan fingerprint density at radius 3 is 2.67 bits per heavy atom. The summed E-state index contributed by atoms with van der Waals surface area (Å²) in [4.78, 5) is 23.0. The molecule has 2 aromatic rings. The summed E-state index contributed by atoms with van der Waals surface area (Å²) in [5, 5.41) is 8.45. The van der Waals surface area contributed by atoms with Crippen LogP contribution in [0.2, 0.25) is 0 Å². The van der Waals surface area contributed by atoms with Crippen LogP contribution < -0.4 is 16.4 Å². The van der Waals surface area contributed by atoms with Crippen molar-refractivity contribution in [3.05, 3.63) is 38.9 Å². The van der Waals surface area contributed by atoms with Gasteiger partial charge >= 0.3 is 0 Å². The van der Waals surface area contributed by atoms with Crippen molar-refractivity contribution in [3.63, 3.8) is 0 Å². The molecule has 0 bridgehead atoms. The molecule has 3 N–H and O–H groups in total. The van der Waals surface area contributed by atoms with E-state index >= 15 is 0 Å². The van der Waals surface area contributed by atoms with Gasteiger partial charge in [0.25, 0.3) is 11.1 Å². The maximum absolute atomic E-state index is 11.6. The number of H-pyrrole nitrogens is 2. The number of aromatic amines is 2. The third kappa shape index (κ3) is 1.52. The highest BCUT2D eigenvalue weighted by atomic mass is 16.1. The van der Waals surface area contributed by atoms with Crippen molar-refractivity contribution in [2.24, 2.45) is 0 Å². The number of nitrogens with one attached hydrogen (secondary N) is 3. The number of hydrogen-bond donors (Lipinski definition) is 3. The summed E-state index contributed by atoms with van der Waals surface area (Å²) in [6, 6.07) is 5.15. The second kappa shape index (κ2) is 3.61. The van der Waals surface area contributed by atoms with Crippen molar-refractivity contribution in [1.82, 2.24) is 10.2 Å². The van der Waals surface area contributed by atoms with Crippen molar-refractivity contribution in [1.29, 1.82) is 0 Å². The number of hydrogen-bond acceptors (Lipinski definition) is 3. The predicted octanol–water partition coefficient (Wildman–Crippen LogP) is 0.648. The quantitative estimate of drug-likeness (QED) is 0.673. The van der Waals surface area contributed by atoms with Crippen LogP contribution in [-0.4, -0.2) is 16.7 Å². The number of fused-ring (bicyclic) bond motifs is 1. The van der Waals surface area contributed by atoms with Gasteiger partial charge < -0.3 is 5.32 Å². The Morgan fingerprint density at radius 2 is 1.93 bits per heavy atom. The standard InChI is InChI=1S/C10H11N3O2/c1-2-11-7-5-3-4-6-8(7)10(15)13-12-9(6)14/h3-5,11H,2H2,1H3,(H,12,14)(H,13,15). The predicted molar refractivity (Wildman–Crippen MR) is 59.4 cm³/mol. The van der Waals surface area contributed by atoms with Gasteiger partial charge in [-0.3, -0.25) is 19.8 Å². The highest BCUT2D eigenvalue weighted by Crippen LogP contribution is 2.15. The summed E-state index contributed by atoms with van der Waals surface area (Å²) in [5.74, 6) is 0. The number of anilines is 1. The summed E-state index contributed by atoms with van der Waals surface area (Å²) in [5.41, 5.74) is 0.104. The molecule has 0 atom stereocenters.